The zero-order valence-corrected chi connectivity index (χ0v) is 19.4. The summed E-state index contributed by atoms with van der Waals surface area (Å²) in [6.07, 6.45) is -0.903. The molecule has 0 saturated carbocycles. The number of benzene rings is 2. The van der Waals surface area contributed by atoms with Crippen molar-refractivity contribution >= 4 is 11.8 Å². The topological polar surface area (TPSA) is 67.2 Å². The van der Waals surface area contributed by atoms with Gasteiger partial charge in [-0.15, -0.1) is 0 Å². The fourth-order valence-electron chi connectivity index (χ4n) is 4.26. The van der Waals surface area contributed by atoms with Crippen LogP contribution in [-0.4, -0.2) is 39.6 Å². The van der Waals surface area contributed by atoms with Gasteiger partial charge in [-0.3, -0.25) is 9.59 Å². The predicted octanol–water partition coefficient (Wildman–Crippen LogP) is 4.30. The van der Waals surface area contributed by atoms with E-state index >= 15 is 0 Å². The lowest BCUT2D eigenvalue weighted by atomic mass is 10.1. The molecule has 1 aromatic heterocycles. The molecule has 3 aromatic rings. The number of hydrogen-bond donors (Lipinski definition) is 1. The Labute approximate surface area is 201 Å². The van der Waals surface area contributed by atoms with Crippen LogP contribution in [0.1, 0.15) is 35.2 Å². The molecule has 184 valence electrons. The molecular weight excluding hydrogens is 457 g/mol. The number of halogens is 3. The van der Waals surface area contributed by atoms with Crippen LogP contribution in [0, 0.1) is 12.8 Å². The second-order valence-electron chi connectivity index (χ2n) is 8.79. The first-order valence-electron chi connectivity index (χ1n) is 11.5. The number of nitrogens with one attached hydrogen (secondary N) is 1. The summed E-state index contributed by atoms with van der Waals surface area (Å²) in [5.74, 6) is -0.941. The van der Waals surface area contributed by atoms with E-state index in [0.717, 1.165) is 41.9 Å². The van der Waals surface area contributed by atoms with Crippen molar-refractivity contribution in [2.75, 3.05) is 13.1 Å². The Kier molecular flexibility index (Phi) is 7.23. The van der Waals surface area contributed by atoms with E-state index in [1.165, 1.54) is 11.0 Å². The molecule has 0 radical (unpaired) electrons. The number of carbonyl (C=O) groups is 2. The van der Waals surface area contributed by atoms with Gasteiger partial charge in [0, 0.05) is 32.3 Å². The minimum absolute atomic E-state index is 0.0528. The van der Waals surface area contributed by atoms with Gasteiger partial charge < -0.3 is 10.2 Å². The quantitative estimate of drug-likeness (QED) is 0.485. The molecule has 1 fully saturated rings. The first-order valence-corrected chi connectivity index (χ1v) is 11.5. The minimum Gasteiger partial charge on any atom is -0.356 e. The molecule has 2 amide bonds. The minimum atomic E-state index is -4.44. The fourth-order valence-corrected chi connectivity index (χ4v) is 4.26. The molecule has 4 rings (SSSR count). The lowest BCUT2D eigenvalue weighted by Crippen LogP contribution is -2.33. The molecule has 9 heteroatoms. The number of likely N-dealkylation sites (tertiary alicyclic amines) is 1. The van der Waals surface area contributed by atoms with Crippen molar-refractivity contribution in [1.29, 1.82) is 0 Å². The van der Waals surface area contributed by atoms with Crippen LogP contribution in [0.2, 0.25) is 0 Å². The third-order valence-electron chi connectivity index (χ3n) is 6.16. The highest BCUT2D eigenvalue weighted by atomic mass is 19.4. The second-order valence-corrected chi connectivity index (χ2v) is 8.79. The average Bonchev–Trinajstić information content (AvgIpc) is 3.39. The number of para-hydroxylation sites is 1. The third kappa shape index (κ3) is 6.09. The second kappa shape index (κ2) is 10.3. The number of aromatic nitrogens is 2. The monoisotopic (exact) mass is 484 g/mol. The Morgan fingerprint density at radius 2 is 1.91 bits per heavy atom. The van der Waals surface area contributed by atoms with Crippen molar-refractivity contribution in [1.82, 2.24) is 20.0 Å². The molecule has 0 spiro atoms. The summed E-state index contributed by atoms with van der Waals surface area (Å²) in [6, 6.07) is 14.7. The highest BCUT2D eigenvalue weighted by molar-refractivity contribution is 5.89. The van der Waals surface area contributed by atoms with Crippen molar-refractivity contribution < 1.29 is 22.8 Å². The summed E-state index contributed by atoms with van der Waals surface area (Å²) in [7, 11) is 0. The van der Waals surface area contributed by atoms with E-state index in [-0.39, 0.29) is 31.3 Å². The third-order valence-corrected chi connectivity index (χ3v) is 6.16. The number of nitrogens with zero attached hydrogens (tertiary/aromatic N) is 3. The SMILES string of the molecule is Cc1nn(-c2ccccc2)cc1CCCNC(=O)C1CC(=O)N(Cc2cccc(C(F)(F)F)c2)C1. The highest BCUT2D eigenvalue weighted by Crippen LogP contribution is 2.30. The standard InChI is InChI=1S/C26H27F3N4O2/c1-18-20(17-33(31-18)23-10-3-2-4-11-23)8-6-12-30-25(35)21-14-24(34)32(16-21)15-19-7-5-9-22(13-19)26(27,28)29/h2-5,7,9-11,13,17,21H,6,8,12,14-16H2,1H3,(H,30,35). The fraction of sp³-hybridized carbons (Fsp3) is 0.346. The van der Waals surface area contributed by atoms with Crippen molar-refractivity contribution in [3.63, 3.8) is 0 Å². The maximum atomic E-state index is 12.9. The Balaban J connectivity index is 1.25. The molecular formula is C26H27F3N4O2. The number of amides is 2. The van der Waals surface area contributed by atoms with Crippen molar-refractivity contribution in [2.45, 2.75) is 38.9 Å². The molecule has 1 aliphatic rings. The number of aryl methyl sites for hydroxylation is 2. The summed E-state index contributed by atoms with van der Waals surface area (Å²) < 4.78 is 40.7. The van der Waals surface area contributed by atoms with Crippen LogP contribution < -0.4 is 5.32 Å². The Morgan fingerprint density at radius 3 is 2.66 bits per heavy atom. The summed E-state index contributed by atoms with van der Waals surface area (Å²) in [5.41, 5.74) is 2.66. The van der Waals surface area contributed by atoms with Gasteiger partial charge in [-0.2, -0.15) is 18.3 Å². The van der Waals surface area contributed by atoms with Crippen LogP contribution in [0.4, 0.5) is 13.2 Å². The molecule has 1 N–H and O–H groups in total. The van der Waals surface area contributed by atoms with E-state index in [1.807, 2.05) is 48.1 Å². The van der Waals surface area contributed by atoms with Crippen LogP contribution in [0.3, 0.4) is 0 Å². The zero-order chi connectivity index (χ0) is 25.0. The van der Waals surface area contributed by atoms with Crippen LogP contribution >= 0.6 is 0 Å². The summed E-state index contributed by atoms with van der Waals surface area (Å²) in [6.45, 7) is 2.67. The number of alkyl halides is 3. The molecule has 0 aliphatic carbocycles. The van der Waals surface area contributed by atoms with Crippen molar-refractivity contribution in [3.05, 3.63) is 83.2 Å². The zero-order valence-electron chi connectivity index (χ0n) is 19.4. The van der Waals surface area contributed by atoms with Gasteiger partial charge >= 0.3 is 6.18 Å². The normalized spacial score (nSPS) is 16.1. The maximum Gasteiger partial charge on any atom is 0.416 e. The van der Waals surface area contributed by atoms with Gasteiger partial charge in [-0.1, -0.05) is 30.3 Å². The van der Waals surface area contributed by atoms with Gasteiger partial charge in [0.2, 0.25) is 11.8 Å². The van der Waals surface area contributed by atoms with Crippen LogP contribution in [0.15, 0.2) is 60.8 Å². The molecule has 1 unspecified atom stereocenters. The number of carbonyl (C=O) groups excluding carboxylic acids is 2. The van der Waals surface area contributed by atoms with E-state index in [2.05, 4.69) is 10.4 Å². The molecule has 1 saturated heterocycles. The van der Waals surface area contributed by atoms with E-state index in [4.69, 9.17) is 0 Å². The Hall–Kier alpha value is -3.62. The van der Waals surface area contributed by atoms with Gasteiger partial charge in [0.1, 0.15) is 0 Å². The van der Waals surface area contributed by atoms with Crippen molar-refractivity contribution in [3.8, 4) is 5.69 Å². The number of rotatable bonds is 8. The lowest BCUT2D eigenvalue weighted by molar-refractivity contribution is -0.137. The summed E-state index contributed by atoms with van der Waals surface area (Å²) in [5, 5.41) is 7.44. The smallest absolute Gasteiger partial charge is 0.356 e. The van der Waals surface area contributed by atoms with Gasteiger partial charge in [0.15, 0.2) is 0 Å². The molecule has 0 bridgehead atoms. The summed E-state index contributed by atoms with van der Waals surface area (Å²) in [4.78, 5) is 26.4. The van der Waals surface area contributed by atoms with Gasteiger partial charge in [-0.05, 0) is 55.2 Å². The van der Waals surface area contributed by atoms with E-state index < -0.39 is 17.7 Å². The number of hydrogen-bond acceptors (Lipinski definition) is 3. The Bertz CT molecular complexity index is 1190. The first-order chi connectivity index (χ1) is 16.7. The van der Waals surface area contributed by atoms with Gasteiger partial charge in [0.05, 0.1) is 22.9 Å². The van der Waals surface area contributed by atoms with Crippen LogP contribution in [-0.2, 0) is 28.7 Å². The van der Waals surface area contributed by atoms with Crippen molar-refractivity contribution in [2.24, 2.45) is 5.92 Å². The highest BCUT2D eigenvalue weighted by Gasteiger charge is 2.35. The molecule has 35 heavy (non-hydrogen) atoms. The van der Waals surface area contributed by atoms with Crippen LogP contribution in [0.25, 0.3) is 5.69 Å². The molecule has 2 heterocycles. The first kappa shape index (κ1) is 24.5. The molecule has 6 nitrogen and oxygen atoms in total. The molecule has 2 aromatic carbocycles. The average molecular weight is 485 g/mol. The van der Waals surface area contributed by atoms with E-state index in [1.54, 1.807) is 6.07 Å². The van der Waals surface area contributed by atoms with E-state index in [0.29, 0.717) is 12.1 Å². The molecule has 1 atom stereocenters. The summed E-state index contributed by atoms with van der Waals surface area (Å²) >= 11 is 0. The predicted molar refractivity (Wildman–Crippen MR) is 125 cm³/mol. The maximum absolute atomic E-state index is 12.9. The molecule has 1 aliphatic heterocycles. The van der Waals surface area contributed by atoms with Gasteiger partial charge in [0.25, 0.3) is 0 Å². The van der Waals surface area contributed by atoms with Gasteiger partial charge in [-0.25, -0.2) is 4.68 Å². The lowest BCUT2D eigenvalue weighted by Gasteiger charge is -2.17. The van der Waals surface area contributed by atoms with E-state index in [9.17, 15) is 22.8 Å². The largest absolute Gasteiger partial charge is 0.416 e. The van der Waals surface area contributed by atoms with Crippen LogP contribution in [0.5, 0.6) is 0 Å². The Morgan fingerprint density at radius 1 is 1.14 bits per heavy atom.